The van der Waals surface area contributed by atoms with Crippen molar-refractivity contribution >= 4 is 11.8 Å². The maximum absolute atomic E-state index is 13.1. The zero-order chi connectivity index (χ0) is 20.1. The third-order valence-corrected chi connectivity index (χ3v) is 4.80. The van der Waals surface area contributed by atoms with Crippen LogP contribution >= 0.6 is 0 Å². The number of hydrogen-bond donors (Lipinski definition) is 1. The second-order valence-corrected chi connectivity index (χ2v) is 8.34. The Bertz CT molecular complexity index is 800. The lowest BCUT2D eigenvalue weighted by molar-refractivity contribution is -0.129. The van der Waals surface area contributed by atoms with Crippen molar-refractivity contribution in [2.75, 3.05) is 19.6 Å². The van der Waals surface area contributed by atoms with Crippen LogP contribution in [0.15, 0.2) is 60.7 Å². The molecule has 2 aromatic carbocycles. The number of hydrogen-bond acceptors (Lipinski definition) is 3. The molecule has 0 aliphatic carbocycles. The van der Waals surface area contributed by atoms with Crippen LogP contribution in [-0.4, -0.2) is 52.8 Å². The first-order valence-corrected chi connectivity index (χ1v) is 9.78. The fourth-order valence-electron chi connectivity index (χ4n) is 3.49. The molecule has 1 saturated heterocycles. The molecule has 3 rings (SSSR count). The fraction of sp³-hybridized carbons (Fsp3) is 0.391. The highest BCUT2D eigenvalue weighted by atomic mass is 16.2. The summed E-state index contributed by atoms with van der Waals surface area (Å²) in [5.74, 6) is -0.191. The summed E-state index contributed by atoms with van der Waals surface area (Å²) in [6, 6.07) is 18.9. The number of carbonyl (C=O) groups is 2. The Balaban J connectivity index is 1.79. The van der Waals surface area contributed by atoms with Crippen molar-refractivity contribution in [3.63, 3.8) is 0 Å². The standard InChI is InChI=1S/C23H29N3O2/c1-23(2,3)24-21(27)20-17-25(16-18-10-6-4-7-11-18)14-15-26(20)22(28)19-12-8-5-9-13-19/h4-13,20H,14-17H2,1-3H3,(H,24,27). The molecule has 1 aliphatic heterocycles. The number of piperazine rings is 1. The first-order chi connectivity index (χ1) is 13.3. The minimum Gasteiger partial charge on any atom is -0.350 e. The average molecular weight is 380 g/mol. The van der Waals surface area contributed by atoms with Gasteiger partial charge in [0.15, 0.2) is 0 Å². The third kappa shape index (κ3) is 5.20. The molecule has 5 heteroatoms. The van der Waals surface area contributed by atoms with Crippen molar-refractivity contribution < 1.29 is 9.59 Å². The molecule has 1 atom stereocenters. The molecular weight excluding hydrogens is 350 g/mol. The van der Waals surface area contributed by atoms with Crippen molar-refractivity contribution in [2.45, 2.75) is 38.9 Å². The van der Waals surface area contributed by atoms with E-state index in [9.17, 15) is 9.59 Å². The summed E-state index contributed by atoms with van der Waals surface area (Å²) in [5, 5.41) is 3.05. The topological polar surface area (TPSA) is 52.7 Å². The molecule has 28 heavy (non-hydrogen) atoms. The molecule has 0 saturated carbocycles. The van der Waals surface area contributed by atoms with Gasteiger partial charge in [0, 0.05) is 37.3 Å². The van der Waals surface area contributed by atoms with Gasteiger partial charge in [-0.15, -0.1) is 0 Å². The quantitative estimate of drug-likeness (QED) is 0.889. The van der Waals surface area contributed by atoms with E-state index >= 15 is 0 Å². The van der Waals surface area contributed by atoms with Gasteiger partial charge in [-0.05, 0) is 38.5 Å². The second kappa shape index (κ2) is 8.57. The predicted octanol–water partition coefficient (Wildman–Crippen LogP) is 2.93. The number of amides is 2. The highest BCUT2D eigenvalue weighted by molar-refractivity contribution is 5.97. The van der Waals surface area contributed by atoms with E-state index in [1.807, 2.05) is 57.2 Å². The van der Waals surface area contributed by atoms with Crippen molar-refractivity contribution in [3.8, 4) is 0 Å². The Morgan fingerprint density at radius 2 is 1.57 bits per heavy atom. The zero-order valence-corrected chi connectivity index (χ0v) is 16.9. The molecule has 0 bridgehead atoms. The number of benzene rings is 2. The maximum atomic E-state index is 13.1. The molecule has 1 fully saturated rings. The monoisotopic (exact) mass is 379 g/mol. The summed E-state index contributed by atoms with van der Waals surface area (Å²) in [6.45, 7) is 8.44. The van der Waals surface area contributed by atoms with Gasteiger partial charge in [0.25, 0.3) is 5.91 Å². The summed E-state index contributed by atoms with van der Waals surface area (Å²) in [4.78, 5) is 30.1. The summed E-state index contributed by atoms with van der Waals surface area (Å²) in [5.41, 5.74) is 1.48. The van der Waals surface area contributed by atoms with E-state index in [-0.39, 0.29) is 17.4 Å². The van der Waals surface area contributed by atoms with Crippen LogP contribution in [-0.2, 0) is 11.3 Å². The van der Waals surface area contributed by atoms with E-state index in [2.05, 4.69) is 22.3 Å². The van der Waals surface area contributed by atoms with Gasteiger partial charge in [0.05, 0.1) is 0 Å². The first kappa shape index (κ1) is 20.1. The third-order valence-electron chi connectivity index (χ3n) is 4.80. The molecule has 1 unspecified atom stereocenters. The SMILES string of the molecule is CC(C)(C)NC(=O)C1CN(Cc2ccccc2)CCN1C(=O)c1ccccc1. The van der Waals surface area contributed by atoms with E-state index in [0.29, 0.717) is 18.7 Å². The van der Waals surface area contributed by atoms with Gasteiger partial charge >= 0.3 is 0 Å². The van der Waals surface area contributed by atoms with Crippen LogP contribution in [0.25, 0.3) is 0 Å². The van der Waals surface area contributed by atoms with Gasteiger partial charge in [-0.25, -0.2) is 0 Å². The molecule has 2 amide bonds. The summed E-state index contributed by atoms with van der Waals surface area (Å²) >= 11 is 0. The highest BCUT2D eigenvalue weighted by Crippen LogP contribution is 2.18. The van der Waals surface area contributed by atoms with Crippen LogP contribution in [0.4, 0.5) is 0 Å². The number of rotatable bonds is 4. The minimum absolute atomic E-state index is 0.0889. The van der Waals surface area contributed by atoms with E-state index < -0.39 is 6.04 Å². The molecule has 1 aliphatic rings. The van der Waals surface area contributed by atoms with Crippen molar-refractivity contribution in [2.24, 2.45) is 0 Å². The molecule has 1 N–H and O–H groups in total. The molecule has 0 aromatic heterocycles. The van der Waals surface area contributed by atoms with Gasteiger partial charge in [0.1, 0.15) is 6.04 Å². The first-order valence-electron chi connectivity index (χ1n) is 9.78. The van der Waals surface area contributed by atoms with Crippen LogP contribution in [0, 0.1) is 0 Å². The average Bonchev–Trinajstić information content (AvgIpc) is 2.67. The number of nitrogens with one attached hydrogen (secondary N) is 1. The maximum Gasteiger partial charge on any atom is 0.254 e. The molecule has 2 aromatic rings. The van der Waals surface area contributed by atoms with Gasteiger partial charge in [0.2, 0.25) is 5.91 Å². The highest BCUT2D eigenvalue weighted by Gasteiger charge is 2.36. The van der Waals surface area contributed by atoms with Crippen LogP contribution in [0.2, 0.25) is 0 Å². The summed E-state index contributed by atoms with van der Waals surface area (Å²) in [7, 11) is 0. The van der Waals surface area contributed by atoms with Crippen LogP contribution < -0.4 is 5.32 Å². The fourth-order valence-corrected chi connectivity index (χ4v) is 3.49. The van der Waals surface area contributed by atoms with Crippen LogP contribution in [0.5, 0.6) is 0 Å². The lowest BCUT2D eigenvalue weighted by atomic mass is 10.0. The Hall–Kier alpha value is -2.66. The van der Waals surface area contributed by atoms with E-state index in [4.69, 9.17) is 0 Å². The Kier molecular flexibility index (Phi) is 6.15. The van der Waals surface area contributed by atoms with Crippen molar-refractivity contribution in [1.29, 1.82) is 0 Å². The van der Waals surface area contributed by atoms with Gasteiger partial charge in [-0.2, -0.15) is 0 Å². The molecule has 0 spiro atoms. The Morgan fingerprint density at radius 1 is 0.964 bits per heavy atom. The zero-order valence-electron chi connectivity index (χ0n) is 16.9. The van der Waals surface area contributed by atoms with Crippen molar-refractivity contribution in [3.05, 3.63) is 71.8 Å². The Morgan fingerprint density at radius 3 is 2.18 bits per heavy atom. The summed E-state index contributed by atoms with van der Waals surface area (Å²) in [6.07, 6.45) is 0. The smallest absolute Gasteiger partial charge is 0.254 e. The number of nitrogens with zero attached hydrogens (tertiary/aromatic N) is 2. The predicted molar refractivity (Wildman–Crippen MR) is 111 cm³/mol. The lowest BCUT2D eigenvalue weighted by Gasteiger charge is -2.41. The molecular formula is C23H29N3O2. The van der Waals surface area contributed by atoms with Gasteiger partial charge in [-0.3, -0.25) is 14.5 Å². The second-order valence-electron chi connectivity index (χ2n) is 8.34. The molecule has 0 radical (unpaired) electrons. The van der Waals surface area contributed by atoms with Gasteiger partial charge in [-0.1, -0.05) is 48.5 Å². The molecule has 1 heterocycles. The lowest BCUT2D eigenvalue weighted by Crippen LogP contribution is -2.62. The van der Waals surface area contributed by atoms with E-state index in [1.54, 1.807) is 17.0 Å². The molecule has 5 nitrogen and oxygen atoms in total. The van der Waals surface area contributed by atoms with Crippen molar-refractivity contribution in [1.82, 2.24) is 15.1 Å². The van der Waals surface area contributed by atoms with E-state index in [0.717, 1.165) is 13.1 Å². The number of carbonyl (C=O) groups excluding carboxylic acids is 2. The summed E-state index contributed by atoms with van der Waals surface area (Å²) < 4.78 is 0. The van der Waals surface area contributed by atoms with Gasteiger partial charge < -0.3 is 10.2 Å². The van der Waals surface area contributed by atoms with E-state index in [1.165, 1.54) is 5.56 Å². The van der Waals surface area contributed by atoms with Crippen LogP contribution in [0.1, 0.15) is 36.7 Å². The normalized spacial score (nSPS) is 18.0. The largest absolute Gasteiger partial charge is 0.350 e. The minimum atomic E-state index is -0.510. The Labute approximate surface area is 167 Å². The molecule has 148 valence electrons. The van der Waals surface area contributed by atoms with Crippen LogP contribution in [0.3, 0.4) is 0 Å².